The van der Waals surface area contributed by atoms with Crippen molar-refractivity contribution in [2.24, 2.45) is 0 Å². The summed E-state index contributed by atoms with van der Waals surface area (Å²) in [6.45, 7) is 1.08. The predicted octanol–water partition coefficient (Wildman–Crippen LogP) is -2.62. The molecule has 1 aromatic rings. The minimum atomic E-state index is 0. The molecule has 0 saturated carbocycles. The van der Waals surface area contributed by atoms with Crippen molar-refractivity contribution in [1.82, 2.24) is 0 Å². The van der Waals surface area contributed by atoms with Crippen molar-refractivity contribution in [3.05, 3.63) is 35.9 Å². The molecular weight excluding hydrogens is 146 g/mol. The van der Waals surface area contributed by atoms with Gasteiger partial charge in [0.15, 0.2) is 0 Å². The van der Waals surface area contributed by atoms with Gasteiger partial charge in [-0.25, -0.2) is 0 Å². The van der Waals surface area contributed by atoms with Gasteiger partial charge in [-0.15, -0.1) is 0 Å². The molecule has 56 valence electrons. The zero-order valence-corrected chi connectivity index (χ0v) is 6.81. The minimum absolute atomic E-state index is 0. The van der Waals surface area contributed by atoms with Crippen LogP contribution in [0.1, 0.15) is 5.56 Å². The van der Waals surface area contributed by atoms with Gasteiger partial charge in [0.25, 0.3) is 0 Å². The third kappa shape index (κ3) is 2.85. The summed E-state index contributed by atoms with van der Waals surface area (Å²) in [5, 5.41) is 2.16. The third-order valence-electron chi connectivity index (χ3n) is 1.28. The molecule has 0 aliphatic rings. The topological polar surface area (TPSA) is 16.6 Å². The monoisotopic (exact) mass is 157 g/mol. The highest BCUT2D eigenvalue weighted by molar-refractivity contribution is 5.12. The lowest BCUT2D eigenvalue weighted by Gasteiger charge is -1.93. The van der Waals surface area contributed by atoms with Gasteiger partial charge in [-0.3, -0.25) is 0 Å². The van der Waals surface area contributed by atoms with E-state index >= 15 is 0 Å². The maximum atomic E-state index is 2.16. The first kappa shape index (κ1) is 9.47. The summed E-state index contributed by atoms with van der Waals surface area (Å²) in [6.07, 6.45) is 0. The van der Waals surface area contributed by atoms with Crippen LogP contribution in [0.4, 0.5) is 0 Å². The predicted molar refractivity (Wildman–Crippen MR) is 38.0 cm³/mol. The Kier molecular flexibility index (Phi) is 4.99. The van der Waals surface area contributed by atoms with Crippen LogP contribution in [0.5, 0.6) is 0 Å². The van der Waals surface area contributed by atoms with Crippen LogP contribution in [0, 0.1) is 0 Å². The van der Waals surface area contributed by atoms with E-state index < -0.39 is 0 Å². The van der Waals surface area contributed by atoms with E-state index in [1.54, 1.807) is 0 Å². The van der Waals surface area contributed by atoms with Crippen molar-refractivity contribution >= 4 is 0 Å². The standard InChI is InChI=1S/C8H11N.ClH/c1-9-7-8-5-3-2-4-6-8;/h2-6,9H,7H2,1H3;1H. The number of hydrogen-bond donors (Lipinski definition) is 1. The third-order valence-corrected chi connectivity index (χ3v) is 1.28. The summed E-state index contributed by atoms with van der Waals surface area (Å²) in [6, 6.07) is 10.5. The summed E-state index contributed by atoms with van der Waals surface area (Å²) in [7, 11) is 2.08. The van der Waals surface area contributed by atoms with Gasteiger partial charge in [-0.05, 0) is 0 Å². The Balaban J connectivity index is 0.000000810. The number of halogens is 1. The number of quaternary nitrogens is 1. The molecule has 0 saturated heterocycles. The highest BCUT2D eigenvalue weighted by atomic mass is 35.5. The SMILES string of the molecule is C[NH2+]Cc1ccccc1.[Cl-]. The number of nitrogens with two attached hydrogens (primary N) is 1. The Morgan fingerprint density at radius 1 is 1.20 bits per heavy atom. The van der Waals surface area contributed by atoms with Crippen LogP contribution in [0.25, 0.3) is 0 Å². The summed E-state index contributed by atoms with van der Waals surface area (Å²) in [5.74, 6) is 0. The number of rotatable bonds is 2. The molecule has 0 amide bonds. The number of hydrogen-bond acceptors (Lipinski definition) is 0. The average Bonchev–Trinajstić information content (AvgIpc) is 1.91. The lowest BCUT2D eigenvalue weighted by Crippen LogP contribution is -3.00. The summed E-state index contributed by atoms with van der Waals surface area (Å²) in [4.78, 5) is 0. The van der Waals surface area contributed by atoms with Crippen LogP contribution in [0.2, 0.25) is 0 Å². The van der Waals surface area contributed by atoms with Crippen LogP contribution in [-0.4, -0.2) is 7.05 Å². The fraction of sp³-hybridized carbons (Fsp3) is 0.250. The second kappa shape index (κ2) is 5.27. The fourth-order valence-corrected chi connectivity index (χ4v) is 0.850. The molecule has 1 nitrogen and oxygen atoms in total. The molecule has 0 aromatic heterocycles. The van der Waals surface area contributed by atoms with E-state index in [4.69, 9.17) is 0 Å². The van der Waals surface area contributed by atoms with Crippen molar-refractivity contribution in [2.75, 3.05) is 7.05 Å². The maximum absolute atomic E-state index is 2.16. The molecule has 0 heterocycles. The summed E-state index contributed by atoms with van der Waals surface area (Å²) in [5.41, 5.74) is 1.39. The Hall–Kier alpha value is -0.530. The van der Waals surface area contributed by atoms with Crippen LogP contribution in [0.15, 0.2) is 30.3 Å². The van der Waals surface area contributed by atoms with Gasteiger partial charge in [0.2, 0.25) is 0 Å². The second-order valence-electron chi connectivity index (χ2n) is 2.10. The maximum Gasteiger partial charge on any atom is 0.101 e. The minimum Gasteiger partial charge on any atom is -1.00 e. The van der Waals surface area contributed by atoms with Crippen LogP contribution >= 0.6 is 0 Å². The van der Waals surface area contributed by atoms with E-state index in [0.29, 0.717) is 0 Å². The first-order valence-corrected chi connectivity index (χ1v) is 3.25. The fourth-order valence-electron chi connectivity index (χ4n) is 0.850. The van der Waals surface area contributed by atoms with Crippen LogP contribution in [0.3, 0.4) is 0 Å². The molecule has 0 aliphatic carbocycles. The largest absolute Gasteiger partial charge is 1.00 e. The highest BCUT2D eigenvalue weighted by Gasteiger charge is 1.86. The molecule has 1 rings (SSSR count). The lowest BCUT2D eigenvalue weighted by atomic mass is 10.2. The van der Waals surface area contributed by atoms with Crippen molar-refractivity contribution in [1.29, 1.82) is 0 Å². The molecule has 0 bridgehead atoms. The van der Waals surface area contributed by atoms with Gasteiger partial charge in [0.05, 0.1) is 7.05 Å². The summed E-state index contributed by atoms with van der Waals surface area (Å²) < 4.78 is 0. The molecule has 0 radical (unpaired) electrons. The normalized spacial score (nSPS) is 8.50. The Bertz CT molecular complexity index is 162. The molecule has 0 aliphatic heterocycles. The highest BCUT2D eigenvalue weighted by Crippen LogP contribution is 1.93. The van der Waals surface area contributed by atoms with E-state index in [-0.39, 0.29) is 12.4 Å². The van der Waals surface area contributed by atoms with Gasteiger partial charge < -0.3 is 17.7 Å². The smallest absolute Gasteiger partial charge is 0.101 e. The molecule has 0 atom stereocenters. The first-order chi connectivity index (χ1) is 4.43. The summed E-state index contributed by atoms with van der Waals surface area (Å²) >= 11 is 0. The molecular formula is C8H12ClN. The quantitative estimate of drug-likeness (QED) is 0.485. The molecule has 10 heavy (non-hydrogen) atoms. The van der Waals surface area contributed by atoms with Crippen molar-refractivity contribution < 1.29 is 17.7 Å². The van der Waals surface area contributed by atoms with Gasteiger partial charge in [-0.2, -0.15) is 0 Å². The van der Waals surface area contributed by atoms with Gasteiger partial charge in [0.1, 0.15) is 6.54 Å². The molecule has 0 unspecified atom stereocenters. The van der Waals surface area contributed by atoms with Gasteiger partial charge in [-0.1, -0.05) is 30.3 Å². The Labute approximate surface area is 67.9 Å². The lowest BCUT2D eigenvalue weighted by molar-refractivity contribution is -0.643. The second-order valence-corrected chi connectivity index (χ2v) is 2.10. The molecule has 2 N–H and O–H groups in total. The van der Waals surface area contributed by atoms with Crippen LogP contribution < -0.4 is 17.7 Å². The van der Waals surface area contributed by atoms with E-state index in [1.165, 1.54) is 5.56 Å². The van der Waals surface area contributed by atoms with Crippen molar-refractivity contribution in [3.63, 3.8) is 0 Å². The van der Waals surface area contributed by atoms with E-state index in [9.17, 15) is 0 Å². The van der Waals surface area contributed by atoms with Gasteiger partial charge >= 0.3 is 0 Å². The van der Waals surface area contributed by atoms with Gasteiger partial charge in [0, 0.05) is 5.56 Å². The zero-order valence-electron chi connectivity index (χ0n) is 6.05. The molecule has 2 heteroatoms. The van der Waals surface area contributed by atoms with Crippen molar-refractivity contribution in [3.8, 4) is 0 Å². The average molecular weight is 158 g/mol. The van der Waals surface area contributed by atoms with E-state index in [1.807, 2.05) is 6.07 Å². The van der Waals surface area contributed by atoms with Crippen LogP contribution in [-0.2, 0) is 6.54 Å². The number of benzene rings is 1. The Morgan fingerprint density at radius 3 is 2.30 bits per heavy atom. The van der Waals surface area contributed by atoms with E-state index in [2.05, 4.69) is 36.6 Å². The van der Waals surface area contributed by atoms with E-state index in [0.717, 1.165) is 6.54 Å². The van der Waals surface area contributed by atoms with Crippen molar-refractivity contribution in [2.45, 2.75) is 6.54 Å². The molecule has 0 spiro atoms. The molecule has 0 fully saturated rings. The molecule has 1 aromatic carbocycles. The zero-order chi connectivity index (χ0) is 6.53. The Morgan fingerprint density at radius 2 is 1.80 bits per heavy atom. The first-order valence-electron chi connectivity index (χ1n) is 3.25.